The molecule has 1 heterocycles. The highest BCUT2D eigenvalue weighted by molar-refractivity contribution is 7.85. The van der Waals surface area contributed by atoms with Gasteiger partial charge in [-0.3, -0.25) is 4.55 Å². The summed E-state index contributed by atoms with van der Waals surface area (Å²) in [5.74, 6) is 0.486. The van der Waals surface area contributed by atoms with Crippen molar-refractivity contribution in [1.82, 2.24) is 15.4 Å². The van der Waals surface area contributed by atoms with Crippen LogP contribution >= 0.6 is 0 Å². The van der Waals surface area contributed by atoms with E-state index in [0.29, 0.717) is 11.5 Å². The molecule has 0 fully saturated rings. The van der Waals surface area contributed by atoms with Crippen LogP contribution in [0.3, 0.4) is 0 Å². The second-order valence-electron chi connectivity index (χ2n) is 3.13. The molecule has 0 saturated carbocycles. The molecule has 0 spiro atoms. The summed E-state index contributed by atoms with van der Waals surface area (Å²) in [6.45, 7) is 0. The molecule has 0 unspecified atom stereocenters. The lowest BCUT2D eigenvalue weighted by Crippen LogP contribution is -1.99. The molecule has 2 rings (SSSR count). The average Bonchev–Trinajstić information content (AvgIpc) is 2.30. The monoisotopic (exact) mass is 252 g/mol. The average molecular weight is 252 g/mol. The summed E-state index contributed by atoms with van der Waals surface area (Å²) in [5, 5.41) is 13.6. The van der Waals surface area contributed by atoms with E-state index in [-0.39, 0.29) is 4.90 Å². The number of rotatable bonds is 3. The minimum Gasteiger partial charge on any atom is -0.339 e. The van der Waals surface area contributed by atoms with Crippen molar-refractivity contribution in [2.45, 2.75) is 4.90 Å². The maximum atomic E-state index is 10.8. The Kier molecular flexibility index (Phi) is 2.98. The number of benzene rings is 1. The highest BCUT2D eigenvalue weighted by Gasteiger charge is 2.08. The maximum absolute atomic E-state index is 10.8. The van der Waals surface area contributed by atoms with Gasteiger partial charge in [0.2, 0.25) is 0 Å². The zero-order chi connectivity index (χ0) is 12.3. The lowest BCUT2D eigenvalue weighted by molar-refractivity contribution is 0.483. The fourth-order valence-corrected chi connectivity index (χ4v) is 1.65. The molecular weight excluding hydrogens is 244 g/mol. The minimum atomic E-state index is -4.16. The van der Waals surface area contributed by atoms with Crippen molar-refractivity contribution >= 4 is 21.6 Å². The van der Waals surface area contributed by atoms with Crippen molar-refractivity contribution in [3.63, 3.8) is 0 Å². The molecule has 2 N–H and O–H groups in total. The normalized spacial score (nSPS) is 11.1. The zero-order valence-corrected chi connectivity index (χ0v) is 9.29. The minimum absolute atomic E-state index is 0.163. The van der Waals surface area contributed by atoms with Crippen LogP contribution in [-0.4, -0.2) is 28.4 Å². The molecule has 0 aliphatic heterocycles. The van der Waals surface area contributed by atoms with E-state index in [1.54, 1.807) is 6.07 Å². The van der Waals surface area contributed by atoms with Crippen LogP contribution < -0.4 is 5.32 Å². The molecule has 1 aromatic carbocycles. The SMILES string of the molecule is O=S(=O)(O)c1ccc(Nc2ccnnn2)cc1. The summed E-state index contributed by atoms with van der Waals surface area (Å²) >= 11 is 0. The maximum Gasteiger partial charge on any atom is 0.294 e. The Hall–Kier alpha value is -2.06. The molecule has 0 bridgehead atoms. The lowest BCUT2D eigenvalue weighted by atomic mass is 10.3. The van der Waals surface area contributed by atoms with Crippen molar-refractivity contribution in [2.75, 3.05) is 5.32 Å². The molecule has 2 aromatic rings. The van der Waals surface area contributed by atoms with E-state index in [2.05, 4.69) is 20.7 Å². The van der Waals surface area contributed by atoms with E-state index >= 15 is 0 Å². The van der Waals surface area contributed by atoms with Crippen LogP contribution in [0.25, 0.3) is 0 Å². The first-order valence-electron chi connectivity index (χ1n) is 4.55. The van der Waals surface area contributed by atoms with Gasteiger partial charge in [-0.2, -0.15) is 8.42 Å². The van der Waals surface area contributed by atoms with Gasteiger partial charge in [-0.1, -0.05) is 0 Å². The molecule has 7 nitrogen and oxygen atoms in total. The molecule has 0 aliphatic rings. The Morgan fingerprint density at radius 1 is 1.12 bits per heavy atom. The highest BCUT2D eigenvalue weighted by Crippen LogP contribution is 2.16. The third-order valence-electron chi connectivity index (χ3n) is 1.93. The van der Waals surface area contributed by atoms with Gasteiger partial charge in [0.25, 0.3) is 10.1 Å². The summed E-state index contributed by atoms with van der Waals surface area (Å²) in [6, 6.07) is 7.19. The molecule has 88 valence electrons. The van der Waals surface area contributed by atoms with Crippen LogP contribution in [0.2, 0.25) is 0 Å². The van der Waals surface area contributed by atoms with E-state index in [1.807, 2.05) is 0 Å². The second-order valence-corrected chi connectivity index (χ2v) is 4.55. The van der Waals surface area contributed by atoms with Gasteiger partial charge in [-0.15, -0.1) is 10.2 Å². The Morgan fingerprint density at radius 2 is 1.82 bits per heavy atom. The summed E-state index contributed by atoms with van der Waals surface area (Å²) in [6.07, 6.45) is 1.47. The van der Waals surface area contributed by atoms with Gasteiger partial charge in [0.15, 0.2) is 5.82 Å². The van der Waals surface area contributed by atoms with E-state index in [4.69, 9.17) is 4.55 Å². The molecule has 0 aliphatic carbocycles. The van der Waals surface area contributed by atoms with Crippen LogP contribution in [-0.2, 0) is 10.1 Å². The van der Waals surface area contributed by atoms with Gasteiger partial charge < -0.3 is 5.32 Å². The first-order chi connectivity index (χ1) is 8.05. The fraction of sp³-hybridized carbons (Fsp3) is 0. The Labute approximate surface area is 97.3 Å². The largest absolute Gasteiger partial charge is 0.339 e. The number of hydrogen-bond acceptors (Lipinski definition) is 6. The number of hydrogen-bond donors (Lipinski definition) is 2. The van der Waals surface area contributed by atoms with Gasteiger partial charge in [-0.25, -0.2) is 0 Å². The fourth-order valence-electron chi connectivity index (χ4n) is 1.17. The van der Waals surface area contributed by atoms with Crippen molar-refractivity contribution < 1.29 is 13.0 Å². The van der Waals surface area contributed by atoms with E-state index in [9.17, 15) is 8.42 Å². The number of nitrogens with one attached hydrogen (secondary N) is 1. The van der Waals surface area contributed by atoms with Crippen LogP contribution in [0.4, 0.5) is 11.5 Å². The molecule has 0 radical (unpaired) electrons. The number of aromatic nitrogens is 3. The first-order valence-corrected chi connectivity index (χ1v) is 5.99. The third-order valence-corrected chi connectivity index (χ3v) is 2.80. The predicted octanol–water partition coefficient (Wildman–Crippen LogP) is 0.862. The Bertz CT molecular complexity index is 598. The standard InChI is InChI=1S/C9H8N4O3S/c14-17(15,16)8-3-1-7(2-4-8)11-9-5-6-10-13-12-9/h1-6H,(H,10,11,12)(H,14,15,16). The van der Waals surface area contributed by atoms with Crippen LogP contribution in [0.15, 0.2) is 41.4 Å². The zero-order valence-electron chi connectivity index (χ0n) is 8.48. The second kappa shape index (κ2) is 4.44. The third kappa shape index (κ3) is 2.95. The van der Waals surface area contributed by atoms with Gasteiger partial charge >= 0.3 is 0 Å². The topological polar surface area (TPSA) is 105 Å². The Morgan fingerprint density at radius 3 is 2.35 bits per heavy atom. The van der Waals surface area contributed by atoms with E-state index in [1.165, 1.54) is 30.5 Å². The Balaban J connectivity index is 2.20. The quantitative estimate of drug-likeness (QED) is 0.780. The predicted molar refractivity (Wildman–Crippen MR) is 59.4 cm³/mol. The van der Waals surface area contributed by atoms with Crippen LogP contribution in [0.1, 0.15) is 0 Å². The van der Waals surface area contributed by atoms with Crippen molar-refractivity contribution in [2.24, 2.45) is 0 Å². The van der Waals surface area contributed by atoms with Crippen LogP contribution in [0.5, 0.6) is 0 Å². The van der Waals surface area contributed by atoms with Crippen molar-refractivity contribution in [3.05, 3.63) is 36.5 Å². The molecule has 0 amide bonds. The summed E-state index contributed by atoms with van der Waals surface area (Å²) in [5.41, 5.74) is 0.623. The molecular formula is C9H8N4O3S. The molecule has 0 saturated heterocycles. The number of anilines is 2. The highest BCUT2D eigenvalue weighted by atomic mass is 32.2. The van der Waals surface area contributed by atoms with Gasteiger partial charge in [0.05, 0.1) is 11.1 Å². The first kappa shape index (κ1) is 11.4. The molecule has 8 heteroatoms. The molecule has 17 heavy (non-hydrogen) atoms. The van der Waals surface area contributed by atoms with Gasteiger partial charge in [-0.05, 0) is 29.5 Å². The van der Waals surface area contributed by atoms with Crippen LogP contribution in [0, 0.1) is 0 Å². The van der Waals surface area contributed by atoms with Crippen molar-refractivity contribution in [3.8, 4) is 0 Å². The summed E-state index contributed by atoms with van der Waals surface area (Å²) in [7, 11) is -4.16. The van der Waals surface area contributed by atoms with E-state index < -0.39 is 10.1 Å². The molecule has 0 atom stereocenters. The smallest absolute Gasteiger partial charge is 0.294 e. The molecule has 1 aromatic heterocycles. The summed E-state index contributed by atoms with van der Waals surface area (Å²) < 4.78 is 30.4. The van der Waals surface area contributed by atoms with Gasteiger partial charge in [0.1, 0.15) is 0 Å². The number of nitrogens with zero attached hydrogens (tertiary/aromatic N) is 3. The van der Waals surface area contributed by atoms with Crippen molar-refractivity contribution in [1.29, 1.82) is 0 Å². The lowest BCUT2D eigenvalue weighted by Gasteiger charge is -2.04. The van der Waals surface area contributed by atoms with Gasteiger partial charge in [0, 0.05) is 11.8 Å². The van der Waals surface area contributed by atoms with E-state index in [0.717, 1.165) is 0 Å². The summed E-state index contributed by atoms with van der Waals surface area (Å²) in [4.78, 5) is -0.163.